The van der Waals surface area contributed by atoms with E-state index in [9.17, 15) is 4.79 Å². The minimum Gasteiger partial charge on any atom is -0.337 e. The van der Waals surface area contributed by atoms with E-state index in [4.69, 9.17) is 0 Å². The van der Waals surface area contributed by atoms with E-state index in [1.807, 2.05) is 16.2 Å². The summed E-state index contributed by atoms with van der Waals surface area (Å²) in [5.41, 5.74) is 1.83. The molecular weight excluding hydrogens is 268 g/mol. The van der Waals surface area contributed by atoms with Crippen LogP contribution in [0.15, 0.2) is 11.4 Å². The molecule has 1 saturated carbocycles. The fourth-order valence-electron chi connectivity index (χ4n) is 3.34. The molecule has 1 aliphatic heterocycles. The van der Waals surface area contributed by atoms with Crippen LogP contribution in [-0.4, -0.2) is 30.4 Å². The van der Waals surface area contributed by atoms with Gasteiger partial charge in [-0.2, -0.15) is 0 Å². The molecule has 0 spiro atoms. The molecule has 4 heteroatoms. The Morgan fingerprint density at radius 2 is 2.35 bits per heavy atom. The summed E-state index contributed by atoms with van der Waals surface area (Å²) in [4.78, 5) is 15.7. The van der Waals surface area contributed by atoms with Gasteiger partial charge in [0.25, 0.3) is 0 Å². The molecule has 1 fully saturated rings. The van der Waals surface area contributed by atoms with Crippen molar-refractivity contribution in [3.8, 4) is 0 Å². The molecule has 2 aliphatic rings. The molecular formula is C16H24N2OS. The van der Waals surface area contributed by atoms with Crippen LogP contribution >= 0.6 is 11.3 Å². The Morgan fingerprint density at radius 3 is 3.05 bits per heavy atom. The van der Waals surface area contributed by atoms with Gasteiger partial charge in [0.15, 0.2) is 0 Å². The van der Waals surface area contributed by atoms with Crippen molar-refractivity contribution >= 4 is 17.2 Å². The summed E-state index contributed by atoms with van der Waals surface area (Å²) in [6, 6.07) is 2.16. The molecule has 1 aromatic rings. The quantitative estimate of drug-likeness (QED) is 0.905. The number of rotatable bonds is 5. The van der Waals surface area contributed by atoms with Gasteiger partial charge in [-0.1, -0.05) is 13.3 Å². The standard InChI is InChI=1S/C16H24N2OS/c1-2-16(6-3-7-16)12-17-10-15(19)18-8-4-14-13(11-18)5-9-20-14/h5,9,17H,2-4,6-8,10-12H2,1H3. The second-order valence-corrected chi connectivity index (χ2v) is 7.25. The van der Waals surface area contributed by atoms with Gasteiger partial charge in [-0.15, -0.1) is 11.3 Å². The van der Waals surface area contributed by atoms with E-state index in [0.29, 0.717) is 12.0 Å². The van der Waals surface area contributed by atoms with Crippen molar-refractivity contribution in [2.24, 2.45) is 5.41 Å². The van der Waals surface area contributed by atoms with Gasteiger partial charge in [-0.05, 0) is 48.1 Å². The maximum absolute atomic E-state index is 12.3. The third kappa shape index (κ3) is 2.77. The summed E-state index contributed by atoms with van der Waals surface area (Å²) in [6.07, 6.45) is 6.27. The topological polar surface area (TPSA) is 32.3 Å². The lowest BCUT2D eigenvalue weighted by Gasteiger charge is -2.41. The van der Waals surface area contributed by atoms with Gasteiger partial charge in [0.2, 0.25) is 5.91 Å². The average Bonchev–Trinajstić information content (AvgIpc) is 2.88. The van der Waals surface area contributed by atoms with Crippen molar-refractivity contribution in [3.05, 3.63) is 21.9 Å². The van der Waals surface area contributed by atoms with Crippen LogP contribution < -0.4 is 5.32 Å². The fourth-order valence-corrected chi connectivity index (χ4v) is 4.23. The summed E-state index contributed by atoms with van der Waals surface area (Å²) in [7, 11) is 0. The summed E-state index contributed by atoms with van der Waals surface area (Å²) < 4.78 is 0. The number of nitrogens with one attached hydrogen (secondary N) is 1. The number of hydrogen-bond donors (Lipinski definition) is 1. The maximum atomic E-state index is 12.3. The number of amides is 1. The van der Waals surface area contributed by atoms with Crippen molar-refractivity contribution < 1.29 is 4.79 Å². The minimum absolute atomic E-state index is 0.257. The molecule has 1 amide bonds. The Balaban J connectivity index is 1.46. The molecule has 3 nitrogen and oxygen atoms in total. The molecule has 0 aromatic carbocycles. The number of thiophene rings is 1. The zero-order valence-electron chi connectivity index (χ0n) is 12.3. The van der Waals surface area contributed by atoms with Crippen molar-refractivity contribution in [1.29, 1.82) is 0 Å². The van der Waals surface area contributed by atoms with Gasteiger partial charge in [0.05, 0.1) is 6.54 Å². The molecule has 20 heavy (non-hydrogen) atoms. The van der Waals surface area contributed by atoms with Crippen molar-refractivity contribution in [2.75, 3.05) is 19.6 Å². The lowest BCUT2D eigenvalue weighted by molar-refractivity contribution is -0.131. The van der Waals surface area contributed by atoms with Crippen LogP contribution in [0.4, 0.5) is 0 Å². The van der Waals surface area contributed by atoms with Crippen molar-refractivity contribution in [2.45, 2.75) is 45.6 Å². The number of carbonyl (C=O) groups excluding carboxylic acids is 1. The van der Waals surface area contributed by atoms with E-state index >= 15 is 0 Å². The first-order chi connectivity index (χ1) is 9.72. The van der Waals surface area contributed by atoms with Gasteiger partial charge in [0, 0.05) is 24.5 Å². The molecule has 110 valence electrons. The van der Waals surface area contributed by atoms with Gasteiger partial charge >= 0.3 is 0 Å². The zero-order chi connectivity index (χ0) is 14.0. The summed E-state index contributed by atoms with van der Waals surface area (Å²) in [6.45, 7) is 5.46. The highest BCUT2D eigenvalue weighted by Crippen LogP contribution is 2.42. The van der Waals surface area contributed by atoms with E-state index in [0.717, 1.165) is 26.1 Å². The zero-order valence-corrected chi connectivity index (χ0v) is 13.1. The van der Waals surface area contributed by atoms with E-state index in [-0.39, 0.29) is 5.91 Å². The van der Waals surface area contributed by atoms with Gasteiger partial charge in [0.1, 0.15) is 0 Å². The molecule has 1 aliphatic carbocycles. The molecule has 0 bridgehead atoms. The molecule has 0 radical (unpaired) electrons. The predicted molar refractivity (Wildman–Crippen MR) is 82.9 cm³/mol. The van der Waals surface area contributed by atoms with Crippen molar-refractivity contribution in [3.63, 3.8) is 0 Å². The Morgan fingerprint density at radius 1 is 1.50 bits per heavy atom. The molecule has 1 aromatic heterocycles. The van der Waals surface area contributed by atoms with Crippen LogP contribution in [0.3, 0.4) is 0 Å². The molecule has 2 heterocycles. The predicted octanol–water partition coefficient (Wildman–Crippen LogP) is 2.80. The van der Waals surface area contributed by atoms with Crippen LogP contribution in [0.1, 0.15) is 43.0 Å². The Hall–Kier alpha value is -0.870. The normalized spacial score (nSPS) is 20.4. The lowest BCUT2D eigenvalue weighted by atomic mass is 9.67. The number of nitrogens with zero attached hydrogens (tertiary/aromatic N) is 1. The highest BCUT2D eigenvalue weighted by molar-refractivity contribution is 7.10. The van der Waals surface area contributed by atoms with E-state index < -0.39 is 0 Å². The summed E-state index contributed by atoms with van der Waals surface area (Å²) in [5.74, 6) is 0.257. The number of hydrogen-bond acceptors (Lipinski definition) is 3. The Bertz CT molecular complexity index is 473. The minimum atomic E-state index is 0.257. The second kappa shape index (κ2) is 5.86. The SMILES string of the molecule is CCC1(CNCC(=O)N2CCc3sccc3C2)CCC1. The average molecular weight is 292 g/mol. The Kier molecular flexibility index (Phi) is 4.13. The molecule has 3 rings (SSSR count). The number of carbonyl (C=O) groups is 1. The Labute approximate surface area is 125 Å². The van der Waals surface area contributed by atoms with E-state index in [1.165, 1.54) is 36.1 Å². The first kappa shape index (κ1) is 14.1. The largest absolute Gasteiger partial charge is 0.337 e. The highest BCUT2D eigenvalue weighted by Gasteiger charge is 2.34. The molecule has 0 atom stereocenters. The van der Waals surface area contributed by atoms with Gasteiger partial charge in [-0.25, -0.2) is 0 Å². The first-order valence-electron chi connectivity index (χ1n) is 7.76. The van der Waals surface area contributed by atoms with Crippen molar-refractivity contribution in [1.82, 2.24) is 10.2 Å². The lowest BCUT2D eigenvalue weighted by Crippen LogP contribution is -2.45. The third-order valence-electron chi connectivity index (χ3n) is 5.10. The van der Waals surface area contributed by atoms with Crippen LogP contribution in [-0.2, 0) is 17.8 Å². The van der Waals surface area contributed by atoms with Crippen LogP contribution in [0.25, 0.3) is 0 Å². The van der Waals surface area contributed by atoms with Gasteiger partial charge in [-0.3, -0.25) is 4.79 Å². The fraction of sp³-hybridized carbons (Fsp3) is 0.688. The first-order valence-corrected chi connectivity index (χ1v) is 8.64. The highest BCUT2D eigenvalue weighted by atomic mass is 32.1. The number of fused-ring (bicyclic) bond motifs is 1. The van der Waals surface area contributed by atoms with Gasteiger partial charge < -0.3 is 10.2 Å². The van der Waals surface area contributed by atoms with Crippen LogP contribution in [0.2, 0.25) is 0 Å². The molecule has 1 N–H and O–H groups in total. The second-order valence-electron chi connectivity index (χ2n) is 6.24. The summed E-state index contributed by atoms with van der Waals surface area (Å²) in [5, 5.41) is 5.54. The molecule has 0 unspecified atom stereocenters. The third-order valence-corrected chi connectivity index (χ3v) is 6.12. The van der Waals surface area contributed by atoms with Crippen LogP contribution in [0.5, 0.6) is 0 Å². The monoisotopic (exact) mass is 292 g/mol. The summed E-state index contributed by atoms with van der Waals surface area (Å²) >= 11 is 1.82. The van der Waals surface area contributed by atoms with E-state index in [1.54, 1.807) is 0 Å². The van der Waals surface area contributed by atoms with Crippen LogP contribution in [0, 0.1) is 5.41 Å². The van der Waals surface area contributed by atoms with E-state index in [2.05, 4.69) is 23.7 Å². The molecule has 0 saturated heterocycles. The smallest absolute Gasteiger partial charge is 0.236 e. The maximum Gasteiger partial charge on any atom is 0.236 e.